The monoisotopic (exact) mass is 569 g/mol. The lowest BCUT2D eigenvalue weighted by Crippen LogP contribution is -2.43. The normalized spacial score (nSPS) is 14.1. The van der Waals surface area contributed by atoms with E-state index in [1.165, 1.54) is 0 Å². The maximum absolute atomic E-state index is 13.3. The summed E-state index contributed by atoms with van der Waals surface area (Å²) < 4.78 is 1.57. The maximum atomic E-state index is 13.3. The standard InChI is InChI=1S/C28H28ClN11O/c1-17(27-37-36-24-10-9-23(38-40(24)27)34-20-4-2-3-19(29)15-20)33-28(41)25-26(30)32-16-22(35-25)18-5-7-21(8-6-18)39-13-11-31-12-14-39/h2-10,15-17,31H,11-14H2,1H3,(H2,30,32)(H,33,41)(H,34,38)/t17-/m1/s1. The number of nitrogen functional groups attached to an aromatic ring is 1. The summed E-state index contributed by atoms with van der Waals surface area (Å²) in [5, 5.41) is 23.1. The van der Waals surface area contributed by atoms with Gasteiger partial charge in [-0.3, -0.25) is 4.79 Å². The number of anilines is 4. The summed E-state index contributed by atoms with van der Waals surface area (Å²) in [5.74, 6) is 0.555. The fraction of sp³-hybridized carbons (Fsp3) is 0.214. The third-order valence-electron chi connectivity index (χ3n) is 6.78. The van der Waals surface area contributed by atoms with E-state index in [-0.39, 0.29) is 11.5 Å². The van der Waals surface area contributed by atoms with Crippen LogP contribution in [0.25, 0.3) is 16.9 Å². The van der Waals surface area contributed by atoms with Gasteiger partial charge in [-0.05, 0) is 49.4 Å². The molecular weight excluding hydrogens is 542 g/mol. The molecule has 0 aliphatic carbocycles. The van der Waals surface area contributed by atoms with Crippen LogP contribution in [0.15, 0.2) is 66.9 Å². The van der Waals surface area contributed by atoms with E-state index in [0.29, 0.717) is 28.0 Å². The summed E-state index contributed by atoms with van der Waals surface area (Å²) in [6, 6.07) is 18.4. The molecule has 1 amide bonds. The minimum absolute atomic E-state index is 0.0330. The second kappa shape index (κ2) is 11.4. The lowest BCUT2D eigenvalue weighted by molar-refractivity contribution is 0.0933. The maximum Gasteiger partial charge on any atom is 0.274 e. The van der Waals surface area contributed by atoms with Crippen molar-refractivity contribution in [3.63, 3.8) is 0 Å². The van der Waals surface area contributed by atoms with Crippen molar-refractivity contribution in [3.05, 3.63) is 83.4 Å². The number of rotatable bonds is 7. The molecule has 41 heavy (non-hydrogen) atoms. The van der Waals surface area contributed by atoms with Crippen molar-refractivity contribution in [1.82, 2.24) is 40.4 Å². The Bertz CT molecular complexity index is 1700. The number of halogens is 1. The van der Waals surface area contributed by atoms with Crippen LogP contribution >= 0.6 is 11.6 Å². The molecule has 2 aromatic carbocycles. The molecule has 1 fully saturated rings. The molecule has 6 rings (SSSR count). The second-order valence-corrected chi connectivity index (χ2v) is 10.1. The van der Waals surface area contributed by atoms with Gasteiger partial charge in [0.15, 0.2) is 28.8 Å². The molecule has 0 saturated carbocycles. The number of hydrogen-bond donors (Lipinski definition) is 4. The number of hydrogen-bond acceptors (Lipinski definition) is 10. The van der Waals surface area contributed by atoms with E-state index in [4.69, 9.17) is 17.3 Å². The average Bonchev–Trinajstić information content (AvgIpc) is 3.41. The smallest absolute Gasteiger partial charge is 0.274 e. The minimum atomic E-state index is -0.561. The molecule has 208 valence electrons. The summed E-state index contributed by atoms with van der Waals surface area (Å²) in [5.41, 5.74) is 9.95. The predicted molar refractivity (Wildman–Crippen MR) is 158 cm³/mol. The Morgan fingerprint density at radius 1 is 1.07 bits per heavy atom. The van der Waals surface area contributed by atoms with E-state index in [1.54, 1.807) is 41.9 Å². The lowest BCUT2D eigenvalue weighted by atomic mass is 10.1. The van der Waals surface area contributed by atoms with E-state index in [0.717, 1.165) is 43.1 Å². The number of piperazine rings is 1. The first kappa shape index (κ1) is 26.4. The topological polar surface area (TPSA) is 151 Å². The molecule has 0 bridgehead atoms. The van der Waals surface area contributed by atoms with E-state index < -0.39 is 11.9 Å². The summed E-state index contributed by atoms with van der Waals surface area (Å²) >= 11 is 6.10. The highest BCUT2D eigenvalue weighted by molar-refractivity contribution is 6.30. The molecule has 1 aliphatic rings. The average molecular weight is 570 g/mol. The van der Waals surface area contributed by atoms with Crippen LogP contribution in [0.5, 0.6) is 0 Å². The molecule has 4 heterocycles. The van der Waals surface area contributed by atoms with Gasteiger partial charge in [0.2, 0.25) is 0 Å². The minimum Gasteiger partial charge on any atom is -0.382 e. The van der Waals surface area contributed by atoms with Crippen molar-refractivity contribution >= 4 is 46.2 Å². The first-order valence-electron chi connectivity index (χ1n) is 13.2. The van der Waals surface area contributed by atoms with Crippen LogP contribution in [0.4, 0.5) is 23.0 Å². The Morgan fingerprint density at radius 2 is 1.88 bits per heavy atom. The highest BCUT2D eigenvalue weighted by Crippen LogP contribution is 2.24. The number of fused-ring (bicyclic) bond motifs is 1. The lowest BCUT2D eigenvalue weighted by Gasteiger charge is -2.29. The third kappa shape index (κ3) is 5.74. The van der Waals surface area contributed by atoms with Gasteiger partial charge in [-0.1, -0.05) is 29.8 Å². The van der Waals surface area contributed by atoms with Crippen LogP contribution in [0.1, 0.15) is 29.3 Å². The van der Waals surface area contributed by atoms with Gasteiger partial charge < -0.3 is 26.6 Å². The Kier molecular flexibility index (Phi) is 7.32. The highest BCUT2D eigenvalue weighted by Gasteiger charge is 2.21. The van der Waals surface area contributed by atoms with Gasteiger partial charge in [0.05, 0.1) is 17.9 Å². The molecule has 1 saturated heterocycles. The van der Waals surface area contributed by atoms with Crippen LogP contribution in [0.2, 0.25) is 5.02 Å². The Labute approximate surface area is 241 Å². The van der Waals surface area contributed by atoms with Gasteiger partial charge in [0.25, 0.3) is 5.91 Å². The number of nitrogens with two attached hydrogens (primary N) is 1. The Hall–Kier alpha value is -4.81. The number of nitrogens with one attached hydrogen (secondary N) is 3. The van der Waals surface area contributed by atoms with E-state index in [1.807, 2.05) is 24.3 Å². The van der Waals surface area contributed by atoms with Crippen LogP contribution in [0.3, 0.4) is 0 Å². The van der Waals surface area contributed by atoms with Crippen LogP contribution in [0, 0.1) is 0 Å². The predicted octanol–water partition coefficient (Wildman–Crippen LogP) is 3.46. The molecule has 1 atom stereocenters. The van der Waals surface area contributed by atoms with Gasteiger partial charge >= 0.3 is 0 Å². The number of aromatic nitrogens is 6. The summed E-state index contributed by atoms with van der Waals surface area (Å²) in [4.78, 5) is 24.4. The van der Waals surface area contributed by atoms with Crippen molar-refractivity contribution in [2.45, 2.75) is 13.0 Å². The number of carbonyl (C=O) groups excluding carboxylic acids is 1. The van der Waals surface area contributed by atoms with E-state index in [9.17, 15) is 4.79 Å². The van der Waals surface area contributed by atoms with Crippen molar-refractivity contribution < 1.29 is 4.79 Å². The van der Waals surface area contributed by atoms with Gasteiger partial charge in [0, 0.05) is 48.1 Å². The molecule has 12 nitrogen and oxygen atoms in total. The van der Waals surface area contributed by atoms with Crippen molar-refractivity contribution in [2.24, 2.45) is 0 Å². The molecule has 13 heteroatoms. The van der Waals surface area contributed by atoms with Crippen LogP contribution in [-0.4, -0.2) is 61.9 Å². The SMILES string of the molecule is C[C@@H](NC(=O)c1nc(-c2ccc(N3CCNCC3)cc2)cnc1N)c1nnc2ccc(Nc3cccc(Cl)c3)nn12. The molecule has 0 spiro atoms. The first-order chi connectivity index (χ1) is 19.9. The number of carbonyl (C=O) groups is 1. The zero-order valence-corrected chi connectivity index (χ0v) is 23.0. The molecule has 5 aromatic rings. The zero-order valence-electron chi connectivity index (χ0n) is 22.3. The molecular formula is C28H28ClN11O. The quantitative estimate of drug-likeness (QED) is 0.229. The Balaban J connectivity index is 1.19. The number of benzene rings is 2. The second-order valence-electron chi connectivity index (χ2n) is 9.65. The van der Waals surface area contributed by atoms with Gasteiger partial charge in [-0.15, -0.1) is 15.3 Å². The van der Waals surface area contributed by atoms with Crippen molar-refractivity contribution in [2.75, 3.05) is 42.1 Å². The van der Waals surface area contributed by atoms with Gasteiger partial charge in [-0.25, -0.2) is 9.97 Å². The van der Waals surface area contributed by atoms with Crippen LogP contribution < -0.4 is 26.6 Å². The van der Waals surface area contributed by atoms with Gasteiger partial charge in [-0.2, -0.15) is 4.52 Å². The van der Waals surface area contributed by atoms with Crippen LogP contribution in [-0.2, 0) is 0 Å². The highest BCUT2D eigenvalue weighted by atomic mass is 35.5. The van der Waals surface area contributed by atoms with E-state index in [2.05, 4.69) is 58.2 Å². The fourth-order valence-electron chi connectivity index (χ4n) is 4.66. The zero-order chi connectivity index (χ0) is 28.3. The van der Waals surface area contributed by atoms with Gasteiger partial charge in [0.1, 0.15) is 0 Å². The molecule has 0 unspecified atom stereocenters. The molecule has 3 aromatic heterocycles. The molecule has 0 radical (unpaired) electrons. The van der Waals surface area contributed by atoms with Crippen molar-refractivity contribution in [3.8, 4) is 11.3 Å². The fourth-order valence-corrected chi connectivity index (χ4v) is 4.85. The summed E-state index contributed by atoms with van der Waals surface area (Å²) in [6.07, 6.45) is 1.57. The summed E-state index contributed by atoms with van der Waals surface area (Å²) in [6.45, 7) is 5.63. The first-order valence-corrected chi connectivity index (χ1v) is 13.6. The van der Waals surface area contributed by atoms with E-state index >= 15 is 0 Å². The summed E-state index contributed by atoms with van der Waals surface area (Å²) in [7, 11) is 0. The number of nitrogens with zero attached hydrogens (tertiary/aromatic N) is 7. The third-order valence-corrected chi connectivity index (χ3v) is 7.02. The Morgan fingerprint density at radius 3 is 2.66 bits per heavy atom. The molecule has 5 N–H and O–H groups in total. The molecule has 1 aliphatic heterocycles. The largest absolute Gasteiger partial charge is 0.382 e. The van der Waals surface area contributed by atoms with Crippen molar-refractivity contribution in [1.29, 1.82) is 0 Å². The number of amides is 1.